The molecular weight excluding hydrogens is 537 g/mol. The van der Waals surface area contributed by atoms with Gasteiger partial charge in [-0.25, -0.2) is 4.98 Å². The van der Waals surface area contributed by atoms with Gasteiger partial charge in [-0.1, -0.05) is 54.7 Å². The number of ether oxygens (including phenoxy) is 2. The largest absolute Gasteiger partial charge is 0.455 e. The first kappa shape index (κ1) is 26.0. The fourth-order valence-corrected chi connectivity index (χ4v) is 5.90. The van der Waals surface area contributed by atoms with Gasteiger partial charge < -0.3 is 14.8 Å². The predicted octanol–water partition coefficient (Wildman–Crippen LogP) is 5.92. The van der Waals surface area contributed by atoms with Crippen molar-refractivity contribution in [2.24, 2.45) is 0 Å². The van der Waals surface area contributed by atoms with Crippen LogP contribution in [0.1, 0.15) is 35.3 Å². The minimum atomic E-state index is -0.369. The van der Waals surface area contributed by atoms with E-state index in [0.717, 1.165) is 25.3 Å². The molecule has 0 spiro atoms. The molecule has 3 aromatic rings. The summed E-state index contributed by atoms with van der Waals surface area (Å²) in [6, 6.07) is 9.34. The second-order valence-electron chi connectivity index (χ2n) is 9.72. The fourth-order valence-electron chi connectivity index (χ4n) is 4.88. The lowest BCUT2D eigenvalue weighted by atomic mass is 9.78. The molecule has 0 saturated carbocycles. The van der Waals surface area contributed by atoms with E-state index in [2.05, 4.69) is 46.2 Å². The van der Waals surface area contributed by atoms with Crippen molar-refractivity contribution in [3.05, 3.63) is 68.3 Å². The van der Waals surface area contributed by atoms with Gasteiger partial charge in [-0.05, 0) is 35.4 Å². The van der Waals surface area contributed by atoms with Crippen LogP contribution in [-0.4, -0.2) is 54.3 Å². The highest BCUT2D eigenvalue weighted by Gasteiger charge is 2.33. The highest BCUT2D eigenvalue weighted by molar-refractivity contribution is 6.42. The summed E-state index contributed by atoms with van der Waals surface area (Å²) in [5, 5.41) is 4.10. The number of aromatic nitrogens is 2. The number of nitrogens with zero attached hydrogens (tertiary/aromatic N) is 4. The summed E-state index contributed by atoms with van der Waals surface area (Å²) >= 11 is 18.6. The van der Waals surface area contributed by atoms with Gasteiger partial charge >= 0.3 is 0 Å². The SMILES string of the molecule is COCCN1Cc2cc(Nc3ncc4c(n3)OCN(c3c(Cl)cc(Cl)cc3Cl)C4=O)ccc2C(C)(C)C1. The van der Waals surface area contributed by atoms with Crippen LogP contribution >= 0.6 is 34.8 Å². The molecule has 1 amide bonds. The first-order valence-electron chi connectivity index (χ1n) is 11.7. The number of hydrogen-bond acceptors (Lipinski definition) is 7. The van der Waals surface area contributed by atoms with E-state index < -0.39 is 0 Å². The standard InChI is InChI=1S/C26H26Cl3N5O3/c1-26(2)13-33(6-7-36-3)12-15-8-17(4-5-19(15)26)31-25-30-11-18-23(32-25)37-14-34(24(18)35)22-20(28)9-16(27)10-21(22)29/h4-5,8-11H,6-7,12-14H2,1-3H3,(H,30,31,32). The molecule has 2 aromatic carbocycles. The minimum absolute atomic E-state index is 0.0259. The maximum atomic E-state index is 13.2. The number of fused-ring (bicyclic) bond motifs is 2. The molecular formula is C26H26Cl3N5O3. The molecule has 0 saturated heterocycles. The lowest BCUT2D eigenvalue weighted by Gasteiger charge is -2.40. The van der Waals surface area contributed by atoms with Crippen LogP contribution in [0.3, 0.4) is 0 Å². The van der Waals surface area contributed by atoms with E-state index in [1.165, 1.54) is 34.4 Å². The molecule has 8 nitrogen and oxygen atoms in total. The second kappa shape index (κ2) is 10.3. The molecule has 0 radical (unpaired) electrons. The molecule has 3 heterocycles. The Morgan fingerprint density at radius 2 is 1.92 bits per heavy atom. The lowest BCUT2D eigenvalue weighted by Crippen LogP contribution is -2.43. The van der Waals surface area contributed by atoms with E-state index in [1.54, 1.807) is 7.11 Å². The zero-order valence-corrected chi connectivity index (χ0v) is 22.9. The Bertz CT molecular complexity index is 1340. The number of rotatable bonds is 6. The summed E-state index contributed by atoms with van der Waals surface area (Å²) in [5.74, 6) is 0.143. The minimum Gasteiger partial charge on any atom is -0.455 e. The van der Waals surface area contributed by atoms with E-state index in [-0.39, 0.29) is 39.5 Å². The van der Waals surface area contributed by atoms with Crippen molar-refractivity contribution in [3.63, 3.8) is 0 Å². The number of anilines is 3. The van der Waals surface area contributed by atoms with Crippen LogP contribution in [0.25, 0.3) is 0 Å². The Labute approximate surface area is 230 Å². The van der Waals surface area contributed by atoms with Crippen molar-refractivity contribution in [1.82, 2.24) is 14.9 Å². The van der Waals surface area contributed by atoms with Crippen LogP contribution in [0.5, 0.6) is 5.88 Å². The van der Waals surface area contributed by atoms with Crippen molar-refractivity contribution in [1.29, 1.82) is 0 Å². The number of methoxy groups -OCH3 is 1. The first-order valence-corrected chi connectivity index (χ1v) is 12.9. The summed E-state index contributed by atoms with van der Waals surface area (Å²) in [4.78, 5) is 25.7. The zero-order chi connectivity index (χ0) is 26.3. The third-order valence-electron chi connectivity index (χ3n) is 6.53. The average molecular weight is 563 g/mol. The molecule has 1 N–H and O–H groups in total. The smallest absolute Gasteiger partial charge is 0.268 e. The molecule has 0 bridgehead atoms. The topological polar surface area (TPSA) is 79.8 Å². The van der Waals surface area contributed by atoms with Gasteiger partial charge in [0.05, 0.1) is 22.3 Å². The zero-order valence-electron chi connectivity index (χ0n) is 20.6. The van der Waals surface area contributed by atoms with E-state index in [9.17, 15) is 4.79 Å². The number of carbonyl (C=O) groups is 1. The Kier molecular flexibility index (Phi) is 7.22. The number of amides is 1. The van der Waals surface area contributed by atoms with E-state index in [4.69, 9.17) is 44.3 Å². The molecule has 2 aliphatic rings. The third kappa shape index (κ3) is 5.22. The Balaban J connectivity index is 1.36. The maximum Gasteiger partial charge on any atom is 0.268 e. The summed E-state index contributed by atoms with van der Waals surface area (Å²) in [6.07, 6.45) is 1.44. The maximum absolute atomic E-state index is 13.2. The molecule has 2 aliphatic heterocycles. The molecule has 194 valence electrons. The molecule has 0 fully saturated rings. The van der Waals surface area contributed by atoms with Gasteiger partial charge in [0.15, 0.2) is 6.73 Å². The van der Waals surface area contributed by atoms with Crippen LogP contribution in [0.4, 0.5) is 17.3 Å². The van der Waals surface area contributed by atoms with E-state index >= 15 is 0 Å². The lowest BCUT2D eigenvalue weighted by molar-refractivity contribution is 0.0932. The van der Waals surface area contributed by atoms with Gasteiger partial charge in [-0.2, -0.15) is 4.98 Å². The van der Waals surface area contributed by atoms with Gasteiger partial charge in [-0.3, -0.25) is 14.6 Å². The van der Waals surface area contributed by atoms with Gasteiger partial charge in [-0.15, -0.1) is 0 Å². The second-order valence-corrected chi connectivity index (χ2v) is 11.0. The van der Waals surface area contributed by atoms with Crippen LogP contribution in [0.15, 0.2) is 36.5 Å². The molecule has 0 atom stereocenters. The summed E-state index contributed by atoms with van der Waals surface area (Å²) < 4.78 is 11.1. The Hall–Kier alpha value is -2.62. The number of benzene rings is 2. The predicted molar refractivity (Wildman–Crippen MR) is 146 cm³/mol. The van der Waals surface area contributed by atoms with E-state index in [1.807, 2.05) is 6.07 Å². The third-order valence-corrected chi connectivity index (χ3v) is 7.32. The van der Waals surface area contributed by atoms with Gasteiger partial charge in [0.2, 0.25) is 11.8 Å². The summed E-state index contributed by atoms with van der Waals surface area (Å²) in [5.41, 5.74) is 3.98. The monoisotopic (exact) mass is 561 g/mol. The van der Waals surface area contributed by atoms with Gasteiger partial charge in [0.25, 0.3) is 5.91 Å². The fraction of sp³-hybridized carbons (Fsp3) is 0.346. The van der Waals surface area contributed by atoms with Crippen molar-refractivity contribution in [3.8, 4) is 5.88 Å². The highest BCUT2D eigenvalue weighted by Crippen LogP contribution is 2.39. The molecule has 11 heteroatoms. The van der Waals surface area contributed by atoms with Crippen LogP contribution < -0.4 is 15.0 Å². The normalized spacial score (nSPS) is 16.7. The van der Waals surface area contributed by atoms with Crippen molar-refractivity contribution in [2.45, 2.75) is 25.8 Å². The van der Waals surface area contributed by atoms with Gasteiger partial charge in [0, 0.05) is 49.1 Å². The van der Waals surface area contributed by atoms with Crippen molar-refractivity contribution in [2.75, 3.05) is 43.8 Å². The van der Waals surface area contributed by atoms with Gasteiger partial charge in [0.1, 0.15) is 5.56 Å². The summed E-state index contributed by atoms with van der Waals surface area (Å²) in [7, 11) is 1.72. The Morgan fingerprint density at radius 3 is 2.65 bits per heavy atom. The number of carbonyl (C=O) groups excluding carboxylic acids is 1. The molecule has 1 aromatic heterocycles. The molecule has 0 unspecified atom stereocenters. The highest BCUT2D eigenvalue weighted by atomic mass is 35.5. The number of halogens is 3. The van der Waals surface area contributed by atoms with Crippen LogP contribution in [-0.2, 0) is 16.7 Å². The van der Waals surface area contributed by atoms with Crippen molar-refractivity contribution < 1.29 is 14.3 Å². The van der Waals surface area contributed by atoms with E-state index in [0.29, 0.717) is 23.3 Å². The molecule has 0 aliphatic carbocycles. The average Bonchev–Trinajstić information content (AvgIpc) is 2.83. The van der Waals surface area contributed by atoms with Crippen LogP contribution in [0.2, 0.25) is 15.1 Å². The summed E-state index contributed by atoms with van der Waals surface area (Å²) in [6.45, 7) is 7.79. The van der Waals surface area contributed by atoms with Crippen molar-refractivity contribution >= 4 is 58.0 Å². The number of nitrogens with one attached hydrogen (secondary N) is 1. The molecule has 37 heavy (non-hydrogen) atoms. The quantitative estimate of drug-likeness (QED) is 0.400. The Morgan fingerprint density at radius 1 is 1.16 bits per heavy atom. The first-order chi connectivity index (χ1) is 17.7. The number of hydrogen-bond donors (Lipinski definition) is 1. The molecule has 5 rings (SSSR count). The van der Waals surface area contributed by atoms with Crippen LogP contribution in [0, 0.1) is 0 Å².